The van der Waals surface area contributed by atoms with Gasteiger partial charge in [-0.2, -0.15) is 9.78 Å². The quantitative estimate of drug-likeness (QED) is 0.657. The van der Waals surface area contributed by atoms with Crippen LogP contribution in [0, 0.1) is 0 Å². The van der Waals surface area contributed by atoms with E-state index in [-0.39, 0.29) is 11.6 Å². The van der Waals surface area contributed by atoms with Crippen molar-refractivity contribution in [3.8, 4) is 5.69 Å². The zero-order chi connectivity index (χ0) is 18.7. The number of benzene rings is 2. The van der Waals surface area contributed by atoms with Crippen molar-refractivity contribution in [3.05, 3.63) is 85.7 Å². The minimum Gasteiger partial charge on any atom is -0.386 e. The summed E-state index contributed by atoms with van der Waals surface area (Å²) < 4.78 is 1.20. The number of hydrogen-bond acceptors (Lipinski definition) is 4. The first kappa shape index (κ1) is 18.7. The van der Waals surface area contributed by atoms with Crippen molar-refractivity contribution in [2.45, 2.75) is 6.10 Å². The summed E-state index contributed by atoms with van der Waals surface area (Å²) in [4.78, 5) is 12.4. The number of hydrogen-bond donors (Lipinski definition) is 2. The molecule has 3 rings (SSSR count). The van der Waals surface area contributed by atoms with Gasteiger partial charge in [0.1, 0.15) is 5.02 Å². The van der Waals surface area contributed by atoms with E-state index in [1.807, 2.05) is 6.07 Å². The highest BCUT2D eigenvalue weighted by molar-refractivity contribution is 6.36. The van der Waals surface area contributed by atoms with E-state index >= 15 is 0 Å². The van der Waals surface area contributed by atoms with E-state index in [0.29, 0.717) is 27.0 Å². The molecule has 8 heteroatoms. The Morgan fingerprint density at radius 1 is 1.04 bits per heavy atom. The third-order valence-corrected chi connectivity index (χ3v) is 4.76. The first-order chi connectivity index (χ1) is 12.5. The van der Waals surface area contributed by atoms with Crippen molar-refractivity contribution < 1.29 is 5.11 Å². The highest BCUT2D eigenvalue weighted by Gasteiger charge is 2.17. The lowest BCUT2D eigenvalue weighted by Crippen LogP contribution is -2.23. The Labute approximate surface area is 164 Å². The van der Waals surface area contributed by atoms with Crippen molar-refractivity contribution in [3.63, 3.8) is 0 Å². The first-order valence-corrected chi connectivity index (χ1v) is 8.81. The van der Waals surface area contributed by atoms with Crippen LogP contribution in [-0.4, -0.2) is 21.4 Å². The van der Waals surface area contributed by atoms with E-state index < -0.39 is 11.7 Å². The lowest BCUT2D eigenvalue weighted by atomic mass is 10.1. The maximum Gasteiger partial charge on any atom is 0.292 e. The molecule has 134 valence electrons. The molecule has 0 bridgehead atoms. The minimum atomic E-state index is -0.983. The fourth-order valence-corrected chi connectivity index (χ4v) is 3.29. The van der Waals surface area contributed by atoms with Crippen LogP contribution in [-0.2, 0) is 0 Å². The predicted molar refractivity (Wildman–Crippen MR) is 105 cm³/mol. The van der Waals surface area contributed by atoms with Gasteiger partial charge in [0.05, 0.1) is 23.7 Å². The highest BCUT2D eigenvalue weighted by Crippen LogP contribution is 2.30. The van der Waals surface area contributed by atoms with Gasteiger partial charge >= 0.3 is 0 Å². The van der Waals surface area contributed by atoms with Crippen LogP contribution < -0.4 is 10.9 Å². The Bertz CT molecular complexity index is 957. The molecule has 3 aromatic rings. The standard InChI is InChI=1S/C18H14Cl3N3O2/c19-12-7-4-8-13(20)16(12)15(25)10-22-14-9-23-24(18(26)17(14)21)11-5-2-1-3-6-11/h1-9,15,22,25H,10H2. The second-order valence-corrected chi connectivity index (χ2v) is 6.65. The normalized spacial score (nSPS) is 12.0. The van der Waals surface area contributed by atoms with Gasteiger partial charge in [-0.05, 0) is 24.3 Å². The maximum atomic E-state index is 12.4. The van der Waals surface area contributed by atoms with Crippen molar-refractivity contribution in [1.29, 1.82) is 0 Å². The second-order valence-electron chi connectivity index (χ2n) is 5.46. The Hall–Kier alpha value is -2.05. The van der Waals surface area contributed by atoms with Gasteiger partial charge in [0, 0.05) is 22.2 Å². The first-order valence-electron chi connectivity index (χ1n) is 7.68. The minimum absolute atomic E-state index is 0.0266. The molecule has 26 heavy (non-hydrogen) atoms. The van der Waals surface area contributed by atoms with Crippen LogP contribution >= 0.6 is 34.8 Å². The predicted octanol–water partition coefficient (Wildman–Crippen LogP) is 4.34. The van der Waals surface area contributed by atoms with Crippen LogP contribution in [0.25, 0.3) is 5.69 Å². The summed E-state index contributed by atoms with van der Waals surface area (Å²) in [5.74, 6) is 0. The lowest BCUT2D eigenvalue weighted by molar-refractivity contribution is 0.192. The van der Waals surface area contributed by atoms with Crippen molar-refractivity contribution >= 4 is 40.5 Å². The number of para-hydroxylation sites is 1. The smallest absolute Gasteiger partial charge is 0.292 e. The van der Waals surface area contributed by atoms with Crippen molar-refractivity contribution in [2.24, 2.45) is 0 Å². The third-order valence-electron chi connectivity index (χ3n) is 3.74. The Morgan fingerprint density at radius 2 is 1.69 bits per heavy atom. The van der Waals surface area contributed by atoms with Crippen LogP contribution in [0.1, 0.15) is 11.7 Å². The molecule has 0 fully saturated rings. The van der Waals surface area contributed by atoms with Gasteiger partial charge in [-0.1, -0.05) is 59.1 Å². The molecule has 0 aliphatic carbocycles. The molecular weight excluding hydrogens is 397 g/mol. The topological polar surface area (TPSA) is 67.2 Å². The van der Waals surface area contributed by atoms with E-state index in [2.05, 4.69) is 10.4 Å². The SMILES string of the molecule is O=c1c(Cl)c(NCC(O)c2c(Cl)cccc2Cl)cnn1-c1ccccc1. The molecule has 0 radical (unpaired) electrons. The molecule has 1 atom stereocenters. The number of nitrogens with one attached hydrogen (secondary N) is 1. The molecular formula is C18H14Cl3N3O2. The van der Waals surface area contributed by atoms with Crippen molar-refractivity contribution in [1.82, 2.24) is 9.78 Å². The average Bonchev–Trinajstić information content (AvgIpc) is 2.63. The molecule has 0 amide bonds. The van der Waals surface area contributed by atoms with Gasteiger partial charge in [0.15, 0.2) is 0 Å². The summed E-state index contributed by atoms with van der Waals surface area (Å²) in [6, 6.07) is 13.9. The van der Waals surface area contributed by atoms with Crippen LogP contribution in [0.4, 0.5) is 5.69 Å². The number of halogens is 3. The van der Waals surface area contributed by atoms with Gasteiger partial charge < -0.3 is 10.4 Å². The summed E-state index contributed by atoms with van der Waals surface area (Å²) in [5.41, 5.74) is 0.859. The molecule has 0 saturated carbocycles. The summed E-state index contributed by atoms with van der Waals surface area (Å²) in [7, 11) is 0. The van der Waals surface area contributed by atoms with Crippen LogP contribution in [0.15, 0.2) is 59.5 Å². The van der Waals surface area contributed by atoms with E-state index in [9.17, 15) is 9.90 Å². The Kier molecular flexibility index (Phi) is 5.84. The van der Waals surface area contributed by atoms with Gasteiger partial charge in [0.25, 0.3) is 5.56 Å². The molecule has 1 heterocycles. The lowest BCUT2D eigenvalue weighted by Gasteiger charge is -2.16. The average molecular weight is 411 g/mol. The molecule has 1 aromatic heterocycles. The summed E-state index contributed by atoms with van der Waals surface area (Å²) >= 11 is 18.3. The number of aromatic nitrogens is 2. The second kappa shape index (κ2) is 8.10. The number of anilines is 1. The molecule has 2 N–H and O–H groups in total. The zero-order valence-corrected chi connectivity index (χ0v) is 15.6. The molecule has 1 unspecified atom stereocenters. The van der Waals surface area contributed by atoms with E-state index in [1.54, 1.807) is 42.5 Å². The van der Waals surface area contributed by atoms with E-state index in [0.717, 1.165) is 0 Å². The summed E-state index contributed by atoms with van der Waals surface area (Å²) in [6.45, 7) is 0.0552. The molecule has 0 spiro atoms. The molecule has 0 saturated heterocycles. The van der Waals surface area contributed by atoms with Crippen molar-refractivity contribution in [2.75, 3.05) is 11.9 Å². The van der Waals surface area contributed by atoms with Gasteiger partial charge in [0.2, 0.25) is 0 Å². The fourth-order valence-electron chi connectivity index (χ4n) is 2.45. The Morgan fingerprint density at radius 3 is 2.35 bits per heavy atom. The summed E-state index contributed by atoms with van der Waals surface area (Å²) in [5, 5.41) is 18.1. The van der Waals surface area contributed by atoms with Crippen LogP contribution in [0.5, 0.6) is 0 Å². The number of aliphatic hydroxyl groups is 1. The van der Waals surface area contributed by atoms with Crippen LogP contribution in [0.2, 0.25) is 15.1 Å². The largest absolute Gasteiger partial charge is 0.386 e. The zero-order valence-electron chi connectivity index (χ0n) is 13.4. The summed E-state index contributed by atoms with van der Waals surface area (Å²) in [6.07, 6.45) is 0.446. The molecule has 0 aliphatic heterocycles. The maximum absolute atomic E-state index is 12.4. The number of nitrogens with zero attached hydrogens (tertiary/aromatic N) is 2. The molecule has 5 nitrogen and oxygen atoms in total. The Balaban J connectivity index is 1.81. The van der Waals surface area contributed by atoms with E-state index in [4.69, 9.17) is 34.8 Å². The molecule has 0 aliphatic rings. The van der Waals surface area contributed by atoms with Gasteiger partial charge in [-0.25, -0.2) is 0 Å². The number of aliphatic hydroxyl groups excluding tert-OH is 1. The third kappa shape index (κ3) is 3.86. The van der Waals surface area contributed by atoms with Gasteiger partial charge in [-0.15, -0.1) is 0 Å². The highest BCUT2D eigenvalue weighted by atomic mass is 35.5. The fraction of sp³-hybridized carbons (Fsp3) is 0.111. The molecule has 2 aromatic carbocycles. The monoisotopic (exact) mass is 409 g/mol. The van der Waals surface area contributed by atoms with Gasteiger partial charge in [-0.3, -0.25) is 4.79 Å². The van der Waals surface area contributed by atoms with Crippen LogP contribution in [0.3, 0.4) is 0 Å². The van der Waals surface area contributed by atoms with E-state index in [1.165, 1.54) is 10.9 Å². The number of rotatable bonds is 5.